The van der Waals surface area contributed by atoms with Gasteiger partial charge in [0.25, 0.3) is 0 Å². The minimum Gasteiger partial charge on any atom is -0.330 e. The van der Waals surface area contributed by atoms with E-state index in [9.17, 15) is 0 Å². The van der Waals surface area contributed by atoms with Crippen molar-refractivity contribution in [3.63, 3.8) is 0 Å². The molecule has 0 bridgehead atoms. The second kappa shape index (κ2) is 5.78. The molecule has 0 fully saturated rings. The van der Waals surface area contributed by atoms with Crippen LogP contribution >= 0.6 is 0 Å². The minimum absolute atomic E-state index is 0.419. The van der Waals surface area contributed by atoms with Gasteiger partial charge in [-0.1, -0.05) is 29.8 Å². The zero-order valence-electron chi connectivity index (χ0n) is 9.09. The Morgan fingerprint density at radius 2 is 1.93 bits per heavy atom. The summed E-state index contributed by atoms with van der Waals surface area (Å²) in [6.45, 7) is 6.04. The molecule has 0 aliphatic heterocycles. The second-order valence-corrected chi connectivity index (χ2v) is 3.73. The van der Waals surface area contributed by atoms with Crippen molar-refractivity contribution in [2.45, 2.75) is 26.3 Å². The lowest BCUT2D eigenvalue weighted by Gasteiger charge is -2.13. The third kappa shape index (κ3) is 3.48. The largest absolute Gasteiger partial charge is 0.330 e. The lowest BCUT2D eigenvalue weighted by atomic mass is 10.1. The van der Waals surface area contributed by atoms with E-state index in [0.717, 1.165) is 19.5 Å². The van der Waals surface area contributed by atoms with Crippen molar-refractivity contribution in [1.29, 1.82) is 0 Å². The SMILES string of the molecule is Cc1ccc([C@@H](C)NCCCN)cc1. The number of nitrogens with two attached hydrogens (primary N) is 1. The van der Waals surface area contributed by atoms with Crippen LogP contribution in [-0.2, 0) is 0 Å². The van der Waals surface area contributed by atoms with Crippen molar-refractivity contribution in [2.75, 3.05) is 13.1 Å². The van der Waals surface area contributed by atoms with Crippen molar-refractivity contribution < 1.29 is 0 Å². The number of rotatable bonds is 5. The summed E-state index contributed by atoms with van der Waals surface area (Å²) < 4.78 is 0. The molecule has 0 unspecified atom stereocenters. The van der Waals surface area contributed by atoms with Crippen molar-refractivity contribution in [2.24, 2.45) is 5.73 Å². The highest BCUT2D eigenvalue weighted by atomic mass is 14.9. The molecule has 0 aliphatic carbocycles. The van der Waals surface area contributed by atoms with Crippen LogP contribution in [0.1, 0.15) is 30.5 Å². The Bertz CT molecular complexity index is 254. The van der Waals surface area contributed by atoms with Gasteiger partial charge < -0.3 is 11.1 Å². The molecule has 0 amide bonds. The standard InChI is InChI=1S/C12H20N2/c1-10-4-6-12(7-5-10)11(2)14-9-3-8-13/h4-7,11,14H,3,8-9,13H2,1-2H3/t11-/m1/s1. The Labute approximate surface area is 86.5 Å². The number of hydrogen-bond donors (Lipinski definition) is 2. The van der Waals surface area contributed by atoms with E-state index in [1.54, 1.807) is 0 Å². The molecule has 1 rings (SSSR count). The van der Waals surface area contributed by atoms with E-state index in [0.29, 0.717) is 6.04 Å². The number of benzene rings is 1. The average molecular weight is 192 g/mol. The first-order valence-electron chi connectivity index (χ1n) is 5.24. The Morgan fingerprint density at radius 3 is 2.50 bits per heavy atom. The maximum Gasteiger partial charge on any atom is 0.0291 e. The van der Waals surface area contributed by atoms with Gasteiger partial charge in [0.15, 0.2) is 0 Å². The zero-order valence-corrected chi connectivity index (χ0v) is 9.09. The summed E-state index contributed by atoms with van der Waals surface area (Å²) in [5.41, 5.74) is 8.08. The summed E-state index contributed by atoms with van der Waals surface area (Å²) in [6.07, 6.45) is 1.04. The average Bonchev–Trinajstić information content (AvgIpc) is 2.19. The Balaban J connectivity index is 2.43. The van der Waals surface area contributed by atoms with Gasteiger partial charge in [-0.25, -0.2) is 0 Å². The number of aryl methyl sites for hydroxylation is 1. The van der Waals surface area contributed by atoms with Crippen LogP contribution in [0.15, 0.2) is 24.3 Å². The molecule has 0 aliphatic rings. The minimum atomic E-state index is 0.419. The van der Waals surface area contributed by atoms with E-state index in [-0.39, 0.29) is 0 Å². The molecule has 1 aromatic rings. The van der Waals surface area contributed by atoms with Gasteiger partial charge in [0, 0.05) is 6.04 Å². The lowest BCUT2D eigenvalue weighted by Crippen LogP contribution is -2.21. The lowest BCUT2D eigenvalue weighted by molar-refractivity contribution is 0.562. The summed E-state index contributed by atoms with van der Waals surface area (Å²) in [5, 5.41) is 3.44. The molecule has 2 heteroatoms. The van der Waals surface area contributed by atoms with Gasteiger partial charge in [0.1, 0.15) is 0 Å². The molecule has 0 saturated heterocycles. The van der Waals surface area contributed by atoms with Gasteiger partial charge in [-0.15, -0.1) is 0 Å². The topological polar surface area (TPSA) is 38.0 Å². The van der Waals surface area contributed by atoms with Crippen molar-refractivity contribution in [1.82, 2.24) is 5.32 Å². The molecule has 2 nitrogen and oxygen atoms in total. The van der Waals surface area contributed by atoms with Gasteiger partial charge in [-0.3, -0.25) is 0 Å². The predicted octanol–water partition coefficient (Wildman–Crippen LogP) is 1.99. The van der Waals surface area contributed by atoms with Crippen molar-refractivity contribution in [3.8, 4) is 0 Å². The summed E-state index contributed by atoms with van der Waals surface area (Å²) >= 11 is 0. The van der Waals surface area contributed by atoms with E-state index in [1.165, 1.54) is 11.1 Å². The highest BCUT2D eigenvalue weighted by molar-refractivity contribution is 5.23. The maximum atomic E-state index is 5.43. The van der Waals surface area contributed by atoms with Crippen LogP contribution in [0, 0.1) is 6.92 Å². The van der Waals surface area contributed by atoms with Gasteiger partial charge in [0.2, 0.25) is 0 Å². The molecular weight excluding hydrogens is 172 g/mol. The monoisotopic (exact) mass is 192 g/mol. The smallest absolute Gasteiger partial charge is 0.0291 e. The van der Waals surface area contributed by atoms with Gasteiger partial charge >= 0.3 is 0 Å². The fourth-order valence-corrected chi connectivity index (χ4v) is 1.39. The van der Waals surface area contributed by atoms with Crippen LogP contribution in [0.4, 0.5) is 0 Å². The third-order valence-corrected chi connectivity index (χ3v) is 2.41. The Hall–Kier alpha value is -0.860. The molecule has 1 atom stereocenters. The Morgan fingerprint density at radius 1 is 1.29 bits per heavy atom. The number of hydrogen-bond acceptors (Lipinski definition) is 2. The summed E-state index contributed by atoms with van der Waals surface area (Å²) in [6, 6.07) is 9.07. The highest BCUT2D eigenvalue weighted by Gasteiger charge is 2.02. The first-order valence-corrected chi connectivity index (χ1v) is 5.24. The molecule has 3 N–H and O–H groups in total. The molecular formula is C12H20N2. The van der Waals surface area contributed by atoms with Crippen LogP contribution in [0.25, 0.3) is 0 Å². The van der Waals surface area contributed by atoms with Gasteiger partial charge in [0.05, 0.1) is 0 Å². The van der Waals surface area contributed by atoms with Crippen molar-refractivity contribution in [3.05, 3.63) is 35.4 Å². The van der Waals surface area contributed by atoms with Gasteiger partial charge in [-0.05, 0) is 38.9 Å². The second-order valence-electron chi connectivity index (χ2n) is 3.73. The van der Waals surface area contributed by atoms with E-state index in [2.05, 4.69) is 43.4 Å². The maximum absolute atomic E-state index is 5.43. The van der Waals surface area contributed by atoms with E-state index in [1.807, 2.05) is 0 Å². The molecule has 78 valence electrons. The van der Waals surface area contributed by atoms with Gasteiger partial charge in [-0.2, -0.15) is 0 Å². The van der Waals surface area contributed by atoms with Crippen LogP contribution < -0.4 is 11.1 Å². The van der Waals surface area contributed by atoms with E-state index in [4.69, 9.17) is 5.73 Å². The fourth-order valence-electron chi connectivity index (χ4n) is 1.39. The molecule has 0 heterocycles. The summed E-state index contributed by atoms with van der Waals surface area (Å²) in [7, 11) is 0. The van der Waals surface area contributed by atoms with Crippen LogP contribution in [0.2, 0.25) is 0 Å². The van der Waals surface area contributed by atoms with Crippen LogP contribution in [0.5, 0.6) is 0 Å². The quantitative estimate of drug-likeness (QED) is 0.700. The molecule has 0 radical (unpaired) electrons. The normalized spacial score (nSPS) is 12.8. The molecule has 0 spiro atoms. The summed E-state index contributed by atoms with van der Waals surface area (Å²) in [5.74, 6) is 0. The number of nitrogens with one attached hydrogen (secondary N) is 1. The first-order chi connectivity index (χ1) is 6.74. The van der Waals surface area contributed by atoms with Crippen LogP contribution in [-0.4, -0.2) is 13.1 Å². The highest BCUT2D eigenvalue weighted by Crippen LogP contribution is 2.12. The Kier molecular flexibility index (Phi) is 4.63. The zero-order chi connectivity index (χ0) is 10.4. The molecule has 1 aromatic carbocycles. The third-order valence-electron chi connectivity index (χ3n) is 2.41. The molecule has 0 saturated carbocycles. The predicted molar refractivity (Wildman–Crippen MR) is 61.3 cm³/mol. The summed E-state index contributed by atoms with van der Waals surface area (Å²) in [4.78, 5) is 0. The van der Waals surface area contributed by atoms with Crippen molar-refractivity contribution >= 4 is 0 Å². The van der Waals surface area contributed by atoms with E-state index >= 15 is 0 Å². The molecule has 0 aromatic heterocycles. The van der Waals surface area contributed by atoms with Crippen LogP contribution in [0.3, 0.4) is 0 Å². The molecule has 14 heavy (non-hydrogen) atoms. The fraction of sp³-hybridized carbons (Fsp3) is 0.500. The first kappa shape index (κ1) is 11.2. The van der Waals surface area contributed by atoms with E-state index < -0.39 is 0 Å².